The summed E-state index contributed by atoms with van der Waals surface area (Å²) in [6, 6.07) is 13.3. The Labute approximate surface area is 164 Å². The first kappa shape index (κ1) is 19.3. The maximum Gasteiger partial charge on any atom is 0.316 e. The maximum atomic E-state index is 13.0. The second kappa shape index (κ2) is 8.96. The van der Waals surface area contributed by atoms with Crippen LogP contribution >= 0.6 is 23.1 Å². The number of thiazole rings is 1. The van der Waals surface area contributed by atoms with Crippen molar-refractivity contribution in [3.63, 3.8) is 0 Å². The van der Waals surface area contributed by atoms with Crippen LogP contribution in [-0.4, -0.2) is 35.8 Å². The second-order valence-electron chi connectivity index (χ2n) is 5.51. The van der Waals surface area contributed by atoms with E-state index in [0.717, 1.165) is 14.6 Å². The molecular weight excluding hydrogens is 387 g/mol. The molecule has 5 nitrogen and oxygen atoms in total. The summed E-state index contributed by atoms with van der Waals surface area (Å²) in [7, 11) is 0. The van der Waals surface area contributed by atoms with Gasteiger partial charge in [0.25, 0.3) is 5.91 Å². The molecule has 0 bridgehead atoms. The lowest BCUT2D eigenvalue weighted by Crippen LogP contribution is -2.34. The number of aromatic nitrogens is 1. The summed E-state index contributed by atoms with van der Waals surface area (Å²) in [5.74, 6) is -1.14. The van der Waals surface area contributed by atoms with Crippen LogP contribution < -0.4 is 4.90 Å². The van der Waals surface area contributed by atoms with Gasteiger partial charge in [-0.3, -0.25) is 9.59 Å². The average molecular weight is 404 g/mol. The van der Waals surface area contributed by atoms with Crippen molar-refractivity contribution in [3.8, 4) is 0 Å². The van der Waals surface area contributed by atoms with Crippen LogP contribution in [0.15, 0.2) is 52.9 Å². The third-order valence-corrected chi connectivity index (χ3v) is 5.85. The van der Waals surface area contributed by atoms with Crippen LogP contribution in [0.4, 0.5) is 10.1 Å². The number of halogens is 1. The van der Waals surface area contributed by atoms with E-state index in [2.05, 4.69) is 4.98 Å². The zero-order valence-corrected chi connectivity index (χ0v) is 16.2. The number of likely N-dealkylation sites (N-methyl/N-ethyl adjacent to an activating group) is 1. The molecule has 2 aromatic carbocycles. The van der Waals surface area contributed by atoms with Gasteiger partial charge in [-0.15, -0.1) is 11.3 Å². The van der Waals surface area contributed by atoms with E-state index in [1.807, 2.05) is 24.3 Å². The number of carbonyl (C=O) groups excluding carboxylic acids is 2. The highest BCUT2D eigenvalue weighted by Crippen LogP contribution is 2.29. The van der Waals surface area contributed by atoms with Crippen LogP contribution in [0.3, 0.4) is 0 Å². The number of nitrogens with zero attached hydrogens (tertiary/aromatic N) is 2. The Hall–Kier alpha value is -2.45. The van der Waals surface area contributed by atoms with Gasteiger partial charge in [0, 0.05) is 12.2 Å². The lowest BCUT2D eigenvalue weighted by Gasteiger charge is -2.20. The van der Waals surface area contributed by atoms with E-state index in [1.165, 1.54) is 52.3 Å². The first-order valence-corrected chi connectivity index (χ1v) is 10.1. The Morgan fingerprint density at radius 3 is 2.63 bits per heavy atom. The number of hydrogen-bond acceptors (Lipinski definition) is 6. The van der Waals surface area contributed by atoms with E-state index in [1.54, 1.807) is 6.92 Å². The molecule has 0 unspecified atom stereocenters. The molecule has 3 rings (SSSR count). The van der Waals surface area contributed by atoms with E-state index in [9.17, 15) is 14.0 Å². The van der Waals surface area contributed by atoms with Crippen LogP contribution in [0.2, 0.25) is 0 Å². The van der Waals surface area contributed by atoms with Crippen LogP contribution in [0, 0.1) is 5.82 Å². The van der Waals surface area contributed by atoms with E-state index in [-0.39, 0.29) is 24.1 Å². The number of thioether (sulfide) groups is 1. The Balaban J connectivity index is 1.50. The summed E-state index contributed by atoms with van der Waals surface area (Å²) in [4.78, 5) is 30.1. The number of fused-ring (bicyclic) bond motifs is 1. The predicted octanol–water partition coefficient (Wildman–Crippen LogP) is 4.12. The molecule has 0 saturated heterocycles. The van der Waals surface area contributed by atoms with E-state index < -0.39 is 5.97 Å². The molecule has 1 amide bonds. The monoisotopic (exact) mass is 404 g/mol. The number of rotatable bonds is 7. The lowest BCUT2D eigenvalue weighted by atomic mass is 10.2. The van der Waals surface area contributed by atoms with Gasteiger partial charge < -0.3 is 9.64 Å². The van der Waals surface area contributed by atoms with Crippen molar-refractivity contribution < 1.29 is 18.7 Å². The maximum absolute atomic E-state index is 13.0. The SMILES string of the molecule is CCN(C(=O)COC(=O)CSc1nc2ccccc2s1)c1ccc(F)cc1. The molecule has 3 aromatic rings. The van der Waals surface area contributed by atoms with Crippen molar-refractivity contribution in [3.05, 3.63) is 54.3 Å². The molecule has 0 N–H and O–H groups in total. The molecule has 1 heterocycles. The van der Waals surface area contributed by atoms with Gasteiger partial charge in [-0.1, -0.05) is 23.9 Å². The quantitative estimate of drug-likeness (QED) is 0.438. The fourth-order valence-corrected chi connectivity index (χ4v) is 4.29. The van der Waals surface area contributed by atoms with Gasteiger partial charge in [0.05, 0.1) is 16.0 Å². The Kier molecular flexibility index (Phi) is 6.41. The first-order chi connectivity index (χ1) is 13.1. The highest BCUT2D eigenvalue weighted by Gasteiger charge is 2.16. The van der Waals surface area contributed by atoms with Crippen molar-refractivity contribution in [2.75, 3.05) is 23.8 Å². The highest BCUT2D eigenvalue weighted by atomic mass is 32.2. The summed E-state index contributed by atoms with van der Waals surface area (Å²) in [5.41, 5.74) is 1.45. The summed E-state index contributed by atoms with van der Waals surface area (Å²) in [6.45, 7) is 1.83. The van der Waals surface area contributed by atoms with Crippen molar-refractivity contribution in [1.29, 1.82) is 0 Å². The Morgan fingerprint density at radius 2 is 1.93 bits per heavy atom. The van der Waals surface area contributed by atoms with Gasteiger partial charge >= 0.3 is 5.97 Å². The van der Waals surface area contributed by atoms with Gasteiger partial charge in [0.1, 0.15) is 5.82 Å². The minimum atomic E-state index is -0.484. The molecular formula is C19H17FN2O3S2. The van der Waals surface area contributed by atoms with Crippen LogP contribution in [0.25, 0.3) is 10.2 Å². The molecule has 0 atom stereocenters. The topological polar surface area (TPSA) is 59.5 Å². The van der Waals surface area contributed by atoms with Crippen LogP contribution in [0.1, 0.15) is 6.92 Å². The minimum Gasteiger partial charge on any atom is -0.455 e. The van der Waals surface area contributed by atoms with Crippen LogP contribution in [0.5, 0.6) is 0 Å². The molecule has 0 fully saturated rings. The van der Waals surface area contributed by atoms with Gasteiger partial charge in [-0.2, -0.15) is 0 Å². The molecule has 0 aliphatic carbocycles. The van der Waals surface area contributed by atoms with Crippen molar-refractivity contribution in [2.24, 2.45) is 0 Å². The van der Waals surface area contributed by atoms with Gasteiger partial charge in [-0.25, -0.2) is 9.37 Å². The van der Waals surface area contributed by atoms with Crippen LogP contribution in [-0.2, 0) is 14.3 Å². The minimum absolute atomic E-state index is 0.0791. The number of para-hydroxylation sites is 1. The van der Waals surface area contributed by atoms with Crippen molar-refractivity contribution in [2.45, 2.75) is 11.3 Å². The zero-order valence-electron chi connectivity index (χ0n) is 14.6. The fraction of sp³-hybridized carbons (Fsp3) is 0.211. The predicted molar refractivity (Wildman–Crippen MR) is 106 cm³/mol. The number of ether oxygens (including phenoxy) is 1. The molecule has 27 heavy (non-hydrogen) atoms. The molecule has 0 saturated carbocycles. The summed E-state index contributed by atoms with van der Waals surface area (Å²) in [6.07, 6.45) is 0. The van der Waals surface area contributed by atoms with E-state index >= 15 is 0 Å². The molecule has 0 aliphatic rings. The molecule has 0 radical (unpaired) electrons. The third kappa shape index (κ3) is 5.05. The number of carbonyl (C=O) groups is 2. The fourth-order valence-electron chi connectivity index (χ4n) is 2.42. The molecule has 8 heteroatoms. The largest absolute Gasteiger partial charge is 0.455 e. The summed E-state index contributed by atoms with van der Waals surface area (Å²) >= 11 is 2.79. The van der Waals surface area contributed by atoms with E-state index in [0.29, 0.717) is 12.2 Å². The standard InChI is InChI=1S/C19H17FN2O3S2/c1-2-22(14-9-7-13(20)8-10-14)17(23)11-25-18(24)12-26-19-21-15-5-3-4-6-16(15)27-19/h3-10H,2,11-12H2,1H3. The Bertz CT molecular complexity index is 911. The number of benzene rings is 2. The first-order valence-electron chi connectivity index (χ1n) is 8.26. The zero-order chi connectivity index (χ0) is 19.2. The lowest BCUT2D eigenvalue weighted by molar-refractivity contribution is -0.145. The molecule has 0 spiro atoms. The highest BCUT2D eigenvalue weighted by molar-refractivity contribution is 8.01. The normalized spacial score (nSPS) is 10.7. The summed E-state index contributed by atoms with van der Waals surface area (Å²) in [5, 5.41) is 0. The Morgan fingerprint density at radius 1 is 1.19 bits per heavy atom. The van der Waals surface area contributed by atoms with Gasteiger partial charge in [0.15, 0.2) is 10.9 Å². The molecule has 0 aliphatic heterocycles. The van der Waals surface area contributed by atoms with Crippen molar-refractivity contribution >= 4 is 50.9 Å². The smallest absolute Gasteiger partial charge is 0.316 e. The number of esters is 1. The third-order valence-electron chi connectivity index (χ3n) is 3.70. The second-order valence-corrected chi connectivity index (χ2v) is 7.76. The molecule has 140 valence electrons. The average Bonchev–Trinajstić information content (AvgIpc) is 3.10. The van der Waals surface area contributed by atoms with Gasteiger partial charge in [-0.05, 0) is 43.3 Å². The van der Waals surface area contributed by atoms with E-state index in [4.69, 9.17) is 4.74 Å². The number of hydrogen-bond donors (Lipinski definition) is 0. The number of amides is 1. The summed E-state index contributed by atoms with van der Waals surface area (Å²) < 4.78 is 19.9. The van der Waals surface area contributed by atoms with Gasteiger partial charge in [0.2, 0.25) is 0 Å². The molecule has 1 aromatic heterocycles. The number of anilines is 1. The van der Waals surface area contributed by atoms with Crippen molar-refractivity contribution in [1.82, 2.24) is 4.98 Å².